The monoisotopic (exact) mass is 298 g/mol. The molecule has 1 fully saturated rings. The van der Waals surface area contributed by atoms with Crippen molar-refractivity contribution in [2.45, 2.75) is 57.3 Å². The number of anilines is 2. The quantitative estimate of drug-likeness (QED) is 0.811. The van der Waals surface area contributed by atoms with Crippen molar-refractivity contribution in [2.75, 3.05) is 16.8 Å². The van der Waals surface area contributed by atoms with Crippen LogP contribution >= 0.6 is 0 Å². The number of nitrogens with zero attached hydrogens (tertiary/aromatic N) is 1. The fraction of sp³-hybridized carbons (Fsp3) is 0.625. The van der Waals surface area contributed by atoms with Crippen molar-refractivity contribution in [3.63, 3.8) is 0 Å². The van der Waals surface area contributed by atoms with Crippen molar-refractivity contribution in [3.05, 3.63) is 23.8 Å². The summed E-state index contributed by atoms with van der Waals surface area (Å²) >= 11 is 0. The first-order chi connectivity index (χ1) is 9.83. The van der Waals surface area contributed by atoms with Crippen LogP contribution in [0.3, 0.4) is 0 Å². The molecule has 5 heteroatoms. The zero-order valence-corrected chi connectivity index (χ0v) is 12.4. The highest BCUT2D eigenvalue weighted by Gasteiger charge is 2.44. The topological polar surface area (TPSA) is 15.3 Å². The van der Waals surface area contributed by atoms with Crippen molar-refractivity contribution < 1.29 is 13.2 Å². The zero-order chi connectivity index (χ0) is 15.3. The van der Waals surface area contributed by atoms with Gasteiger partial charge >= 0.3 is 6.18 Å². The van der Waals surface area contributed by atoms with E-state index in [0.717, 1.165) is 44.0 Å². The molecular formula is C16H21F3N2. The van der Waals surface area contributed by atoms with Crippen LogP contribution < -0.4 is 10.2 Å². The van der Waals surface area contributed by atoms with E-state index in [1.165, 1.54) is 6.07 Å². The lowest BCUT2D eigenvalue weighted by Crippen LogP contribution is -2.57. The second kappa shape index (κ2) is 4.82. The first kappa shape index (κ1) is 14.5. The summed E-state index contributed by atoms with van der Waals surface area (Å²) in [4.78, 5) is 2.22. The van der Waals surface area contributed by atoms with Gasteiger partial charge in [-0.05, 0) is 44.9 Å². The highest BCUT2D eigenvalue weighted by molar-refractivity contribution is 5.75. The minimum absolute atomic E-state index is 0.0224. The minimum Gasteiger partial charge on any atom is -0.381 e. The van der Waals surface area contributed by atoms with Gasteiger partial charge in [-0.3, -0.25) is 0 Å². The van der Waals surface area contributed by atoms with E-state index in [1.807, 2.05) is 0 Å². The van der Waals surface area contributed by atoms with Gasteiger partial charge in [0.05, 0.1) is 22.5 Å². The minimum atomic E-state index is -4.29. The molecule has 1 spiro atoms. The van der Waals surface area contributed by atoms with Crippen molar-refractivity contribution in [1.29, 1.82) is 0 Å². The van der Waals surface area contributed by atoms with Gasteiger partial charge in [-0.2, -0.15) is 13.2 Å². The van der Waals surface area contributed by atoms with E-state index < -0.39 is 11.7 Å². The molecule has 0 amide bonds. The maximum Gasteiger partial charge on any atom is 0.416 e. The summed E-state index contributed by atoms with van der Waals surface area (Å²) in [5.74, 6) is 0. The molecule has 1 N–H and O–H groups in total. The van der Waals surface area contributed by atoms with Gasteiger partial charge in [-0.25, -0.2) is 0 Å². The molecule has 3 rings (SSSR count). The molecule has 0 aromatic heterocycles. The van der Waals surface area contributed by atoms with E-state index in [4.69, 9.17) is 0 Å². The van der Waals surface area contributed by atoms with Crippen LogP contribution in [0.15, 0.2) is 18.2 Å². The van der Waals surface area contributed by atoms with Gasteiger partial charge in [0.1, 0.15) is 0 Å². The molecule has 0 unspecified atom stereocenters. The number of fused-ring (bicyclic) bond motifs is 1. The Labute approximate surface area is 123 Å². The van der Waals surface area contributed by atoms with E-state index >= 15 is 0 Å². The number of halogens is 3. The predicted molar refractivity (Wildman–Crippen MR) is 78.7 cm³/mol. The predicted octanol–water partition coefficient (Wildman–Crippen LogP) is 4.66. The van der Waals surface area contributed by atoms with Gasteiger partial charge in [-0.1, -0.05) is 12.8 Å². The van der Waals surface area contributed by atoms with Crippen LogP contribution in [-0.4, -0.2) is 18.1 Å². The van der Waals surface area contributed by atoms with Crippen LogP contribution in [0.25, 0.3) is 0 Å². The van der Waals surface area contributed by atoms with Crippen molar-refractivity contribution >= 4 is 11.4 Å². The van der Waals surface area contributed by atoms with E-state index in [-0.39, 0.29) is 11.6 Å². The fourth-order valence-electron chi connectivity index (χ4n) is 3.93. The largest absolute Gasteiger partial charge is 0.416 e. The standard InChI is InChI=1S/C16H21F3N2/c1-11(2)21-14-9-12(16(17,18)19)5-6-13(14)20-10-15(21)7-3-4-8-15/h5-6,9,11,20H,3-4,7-8,10H2,1-2H3. The molecule has 2 aliphatic rings. The molecule has 21 heavy (non-hydrogen) atoms. The third-order valence-electron chi connectivity index (χ3n) is 4.75. The van der Waals surface area contributed by atoms with Crippen LogP contribution in [0.4, 0.5) is 24.5 Å². The maximum absolute atomic E-state index is 13.0. The summed E-state index contributed by atoms with van der Waals surface area (Å²) in [6.45, 7) is 4.95. The van der Waals surface area contributed by atoms with Gasteiger partial charge in [0.25, 0.3) is 0 Å². The Morgan fingerprint density at radius 3 is 2.43 bits per heavy atom. The average molecular weight is 298 g/mol. The van der Waals surface area contributed by atoms with Crippen LogP contribution in [0.2, 0.25) is 0 Å². The summed E-state index contributed by atoms with van der Waals surface area (Å²) in [5, 5.41) is 3.35. The number of hydrogen-bond donors (Lipinski definition) is 1. The van der Waals surface area contributed by atoms with E-state index in [0.29, 0.717) is 5.69 Å². The summed E-state index contributed by atoms with van der Waals surface area (Å²) in [6, 6.07) is 4.22. The molecule has 1 heterocycles. The Morgan fingerprint density at radius 2 is 1.86 bits per heavy atom. The highest BCUT2D eigenvalue weighted by atomic mass is 19.4. The second-order valence-electron chi connectivity index (χ2n) is 6.48. The van der Waals surface area contributed by atoms with Gasteiger partial charge in [0.2, 0.25) is 0 Å². The van der Waals surface area contributed by atoms with Crippen LogP contribution in [0.5, 0.6) is 0 Å². The SMILES string of the molecule is CC(C)N1c2cc(C(F)(F)F)ccc2NCC12CCCC2. The number of nitrogens with one attached hydrogen (secondary N) is 1. The molecule has 0 atom stereocenters. The number of rotatable bonds is 1. The molecule has 0 saturated heterocycles. The van der Waals surface area contributed by atoms with Crippen molar-refractivity contribution in [1.82, 2.24) is 0 Å². The fourth-order valence-corrected chi connectivity index (χ4v) is 3.93. The normalized spacial score (nSPS) is 20.8. The molecule has 0 bridgehead atoms. The molecule has 1 aromatic rings. The lowest BCUT2D eigenvalue weighted by molar-refractivity contribution is -0.137. The van der Waals surface area contributed by atoms with E-state index in [9.17, 15) is 13.2 Å². The number of benzene rings is 1. The molecule has 1 aromatic carbocycles. The van der Waals surface area contributed by atoms with E-state index in [1.54, 1.807) is 6.07 Å². The van der Waals surface area contributed by atoms with Crippen LogP contribution in [0.1, 0.15) is 45.1 Å². The Hall–Kier alpha value is -1.39. The summed E-state index contributed by atoms with van der Waals surface area (Å²) in [7, 11) is 0. The van der Waals surface area contributed by atoms with E-state index in [2.05, 4.69) is 24.1 Å². The molecular weight excluding hydrogens is 277 g/mol. The summed E-state index contributed by atoms with van der Waals surface area (Å²) in [5.41, 5.74) is 0.928. The zero-order valence-electron chi connectivity index (χ0n) is 12.4. The number of alkyl halides is 3. The Morgan fingerprint density at radius 1 is 1.19 bits per heavy atom. The van der Waals surface area contributed by atoms with Gasteiger partial charge in [-0.15, -0.1) is 0 Å². The van der Waals surface area contributed by atoms with Gasteiger partial charge in [0, 0.05) is 12.6 Å². The second-order valence-corrected chi connectivity index (χ2v) is 6.48. The van der Waals surface area contributed by atoms with Crippen LogP contribution in [0, 0.1) is 0 Å². The summed E-state index contributed by atoms with van der Waals surface area (Å²) in [6.07, 6.45) is 0.109. The molecule has 0 radical (unpaired) electrons. The highest BCUT2D eigenvalue weighted by Crippen LogP contribution is 2.47. The molecule has 116 valence electrons. The first-order valence-electron chi connectivity index (χ1n) is 7.58. The smallest absolute Gasteiger partial charge is 0.381 e. The molecule has 1 aliphatic carbocycles. The van der Waals surface area contributed by atoms with Crippen molar-refractivity contribution in [3.8, 4) is 0 Å². The van der Waals surface area contributed by atoms with Gasteiger partial charge < -0.3 is 10.2 Å². The third-order valence-corrected chi connectivity index (χ3v) is 4.75. The average Bonchev–Trinajstić information content (AvgIpc) is 2.85. The maximum atomic E-state index is 13.0. The van der Waals surface area contributed by atoms with Crippen molar-refractivity contribution in [2.24, 2.45) is 0 Å². The molecule has 1 aliphatic heterocycles. The lowest BCUT2D eigenvalue weighted by atomic mass is 9.89. The first-order valence-corrected chi connectivity index (χ1v) is 7.58. The molecule has 1 saturated carbocycles. The Balaban J connectivity index is 2.09. The number of hydrogen-bond acceptors (Lipinski definition) is 2. The summed E-state index contributed by atoms with van der Waals surface area (Å²) < 4.78 is 39.0. The van der Waals surface area contributed by atoms with Crippen LogP contribution in [-0.2, 0) is 6.18 Å². The Kier molecular flexibility index (Phi) is 3.34. The molecule has 2 nitrogen and oxygen atoms in total. The van der Waals surface area contributed by atoms with Gasteiger partial charge in [0.15, 0.2) is 0 Å². The lowest BCUT2D eigenvalue weighted by Gasteiger charge is -2.50. The third kappa shape index (κ3) is 2.36. The Bertz CT molecular complexity index is 531.